The Hall–Kier alpha value is -2.94. The van der Waals surface area contributed by atoms with Crippen molar-refractivity contribution in [3.8, 4) is 11.1 Å². The highest BCUT2D eigenvalue weighted by Gasteiger charge is 2.37. The molecule has 3 heteroatoms. The van der Waals surface area contributed by atoms with Crippen LogP contribution in [0.15, 0.2) is 48.5 Å². The fourth-order valence-electron chi connectivity index (χ4n) is 4.73. The molecule has 3 nitrogen and oxygen atoms in total. The SMILES string of the molecule is CCOC(=O)c1ccc(-c2cc(C=O)c3cc4c(cc3c2)C(C)(C)CCC4(C)C)cc1. The van der Waals surface area contributed by atoms with Gasteiger partial charge in [-0.3, -0.25) is 4.79 Å². The number of fused-ring (bicyclic) bond motifs is 2. The lowest BCUT2D eigenvalue weighted by atomic mass is 9.62. The van der Waals surface area contributed by atoms with E-state index >= 15 is 0 Å². The number of benzene rings is 3. The van der Waals surface area contributed by atoms with Crippen molar-refractivity contribution in [2.45, 2.75) is 58.3 Å². The lowest BCUT2D eigenvalue weighted by Gasteiger charge is -2.42. The van der Waals surface area contributed by atoms with E-state index in [4.69, 9.17) is 4.74 Å². The van der Waals surface area contributed by atoms with Gasteiger partial charge in [0, 0.05) is 5.56 Å². The average molecular weight is 415 g/mol. The molecule has 3 aromatic rings. The molecule has 0 bridgehead atoms. The summed E-state index contributed by atoms with van der Waals surface area (Å²) in [7, 11) is 0. The molecule has 1 aliphatic rings. The third kappa shape index (κ3) is 3.78. The van der Waals surface area contributed by atoms with Crippen molar-refractivity contribution in [3.05, 3.63) is 70.8 Å². The third-order valence-corrected chi connectivity index (χ3v) is 6.81. The van der Waals surface area contributed by atoms with Crippen molar-refractivity contribution in [2.24, 2.45) is 0 Å². The number of rotatable bonds is 4. The Labute approximate surface area is 184 Å². The summed E-state index contributed by atoms with van der Waals surface area (Å²) in [6.07, 6.45) is 3.24. The zero-order chi connectivity index (χ0) is 22.4. The molecule has 3 aromatic carbocycles. The summed E-state index contributed by atoms with van der Waals surface area (Å²) in [4.78, 5) is 24.0. The first-order valence-corrected chi connectivity index (χ1v) is 11.0. The number of aldehydes is 1. The topological polar surface area (TPSA) is 43.4 Å². The minimum absolute atomic E-state index is 0.0980. The van der Waals surface area contributed by atoms with Crippen LogP contribution in [0, 0.1) is 0 Å². The number of hydrogen-bond acceptors (Lipinski definition) is 3. The molecule has 0 amide bonds. The highest BCUT2D eigenvalue weighted by molar-refractivity contribution is 6.02. The summed E-state index contributed by atoms with van der Waals surface area (Å²) in [5, 5.41) is 2.09. The second-order valence-electron chi connectivity index (χ2n) is 9.87. The molecule has 160 valence electrons. The lowest BCUT2D eigenvalue weighted by molar-refractivity contribution is 0.0526. The molecule has 0 saturated carbocycles. The molecule has 0 spiro atoms. The van der Waals surface area contributed by atoms with Gasteiger partial charge in [0.2, 0.25) is 0 Å². The third-order valence-electron chi connectivity index (χ3n) is 6.81. The van der Waals surface area contributed by atoms with Crippen LogP contribution in [0.4, 0.5) is 0 Å². The maximum atomic E-state index is 12.0. The van der Waals surface area contributed by atoms with E-state index in [0.717, 1.165) is 41.0 Å². The Kier molecular flexibility index (Phi) is 5.25. The number of esters is 1. The summed E-state index contributed by atoms with van der Waals surface area (Å²) in [5.41, 5.74) is 6.10. The quantitative estimate of drug-likeness (QED) is 0.346. The summed E-state index contributed by atoms with van der Waals surface area (Å²) >= 11 is 0. The van der Waals surface area contributed by atoms with Crippen LogP contribution in [0.5, 0.6) is 0 Å². The molecule has 1 aliphatic carbocycles. The fraction of sp³-hybridized carbons (Fsp3) is 0.357. The van der Waals surface area contributed by atoms with E-state index in [0.29, 0.717) is 17.7 Å². The van der Waals surface area contributed by atoms with Crippen molar-refractivity contribution in [1.29, 1.82) is 0 Å². The Morgan fingerprint density at radius 2 is 1.52 bits per heavy atom. The molecule has 0 atom stereocenters. The molecule has 0 fully saturated rings. The van der Waals surface area contributed by atoms with Crippen molar-refractivity contribution >= 4 is 23.0 Å². The van der Waals surface area contributed by atoms with E-state index in [-0.39, 0.29) is 16.8 Å². The molecular formula is C28H30O3. The molecule has 0 radical (unpaired) electrons. The summed E-state index contributed by atoms with van der Waals surface area (Å²) in [5.74, 6) is -0.322. The smallest absolute Gasteiger partial charge is 0.338 e. The van der Waals surface area contributed by atoms with Crippen LogP contribution in [0.2, 0.25) is 0 Å². The van der Waals surface area contributed by atoms with E-state index in [1.807, 2.05) is 18.2 Å². The first kappa shape index (κ1) is 21.3. The summed E-state index contributed by atoms with van der Waals surface area (Å²) in [6, 6.07) is 16.0. The van der Waals surface area contributed by atoms with Crippen molar-refractivity contribution < 1.29 is 14.3 Å². The van der Waals surface area contributed by atoms with Gasteiger partial charge in [0.1, 0.15) is 0 Å². The van der Waals surface area contributed by atoms with Gasteiger partial charge in [0.15, 0.2) is 6.29 Å². The number of hydrogen-bond donors (Lipinski definition) is 0. The van der Waals surface area contributed by atoms with E-state index in [1.165, 1.54) is 11.1 Å². The standard InChI is InChI=1S/C28H30O3/c1-6-31-26(30)19-9-7-18(8-10-19)20-13-21-15-24-25(16-23(21)22(14-20)17-29)28(4,5)12-11-27(24,2)3/h7-10,13-17H,6,11-12H2,1-5H3. The molecular weight excluding hydrogens is 384 g/mol. The van der Waals surface area contributed by atoms with Crippen LogP contribution in [0.25, 0.3) is 21.9 Å². The van der Waals surface area contributed by atoms with Gasteiger partial charge in [0.05, 0.1) is 12.2 Å². The number of carbonyl (C=O) groups excluding carboxylic acids is 2. The normalized spacial score (nSPS) is 16.5. The van der Waals surface area contributed by atoms with Gasteiger partial charge in [-0.25, -0.2) is 4.79 Å². The van der Waals surface area contributed by atoms with Gasteiger partial charge in [-0.1, -0.05) is 45.9 Å². The summed E-state index contributed by atoms with van der Waals surface area (Å²) in [6.45, 7) is 11.4. The van der Waals surface area contributed by atoms with E-state index in [9.17, 15) is 9.59 Å². The molecule has 0 aliphatic heterocycles. The van der Waals surface area contributed by atoms with Crippen molar-refractivity contribution in [1.82, 2.24) is 0 Å². The van der Waals surface area contributed by atoms with E-state index in [1.54, 1.807) is 19.1 Å². The van der Waals surface area contributed by atoms with Gasteiger partial charge in [-0.2, -0.15) is 0 Å². The molecule has 31 heavy (non-hydrogen) atoms. The van der Waals surface area contributed by atoms with Gasteiger partial charge in [0.25, 0.3) is 0 Å². The van der Waals surface area contributed by atoms with Crippen LogP contribution < -0.4 is 0 Å². The molecule has 0 N–H and O–H groups in total. The largest absolute Gasteiger partial charge is 0.462 e. The van der Waals surface area contributed by atoms with Crippen LogP contribution >= 0.6 is 0 Å². The first-order chi connectivity index (χ1) is 14.7. The van der Waals surface area contributed by atoms with E-state index < -0.39 is 0 Å². The zero-order valence-electron chi connectivity index (χ0n) is 19.0. The molecule has 0 unspecified atom stereocenters. The van der Waals surface area contributed by atoms with Gasteiger partial charge >= 0.3 is 5.97 Å². The van der Waals surface area contributed by atoms with Crippen LogP contribution in [0.1, 0.15) is 79.3 Å². The Morgan fingerprint density at radius 3 is 2.10 bits per heavy atom. The maximum absolute atomic E-state index is 12.0. The van der Waals surface area contributed by atoms with Crippen LogP contribution in [-0.4, -0.2) is 18.9 Å². The van der Waals surface area contributed by atoms with Crippen molar-refractivity contribution in [3.63, 3.8) is 0 Å². The second kappa shape index (κ2) is 7.64. The maximum Gasteiger partial charge on any atom is 0.338 e. The summed E-state index contributed by atoms with van der Waals surface area (Å²) < 4.78 is 5.07. The van der Waals surface area contributed by atoms with Gasteiger partial charge in [-0.05, 0) is 94.0 Å². The fourth-order valence-corrected chi connectivity index (χ4v) is 4.73. The molecule has 0 aromatic heterocycles. The monoisotopic (exact) mass is 414 g/mol. The minimum Gasteiger partial charge on any atom is -0.462 e. The highest BCUT2D eigenvalue weighted by Crippen LogP contribution is 2.47. The molecule has 0 saturated heterocycles. The lowest BCUT2D eigenvalue weighted by Crippen LogP contribution is -2.33. The number of ether oxygens (including phenoxy) is 1. The molecule has 0 heterocycles. The average Bonchev–Trinajstić information content (AvgIpc) is 2.75. The van der Waals surface area contributed by atoms with Crippen molar-refractivity contribution in [2.75, 3.05) is 6.61 Å². The van der Waals surface area contributed by atoms with Gasteiger partial charge in [-0.15, -0.1) is 0 Å². The highest BCUT2D eigenvalue weighted by atomic mass is 16.5. The predicted molar refractivity (Wildman–Crippen MR) is 126 cm³/mol. The zero-order valence-corrected chi connectivity index (χ0v) is 19.0. The van der Waals surface area contributed by atoms with Crippen LogP contribution in [0.3, 0.4) is 0 Å². The first-order valence-electron chi connectivity index (χ1n) is 11.0. The second-order valence-corrected chi connectivity index (χ2v) is 9.87. The molecule has 4 rings (SSSR count). The minimum atomic E-state index is -0.322. The van der Waals surface area contributed by atoms with Crippen LogP contribution in [-0.2, 0) is 15.6 Å². The number of carbonyl (C=O) groups is 2. The van der Waals surface area contributed by atoms with Gasteiger partial charge < -0.3 is 4.74 Å². The Bertz CT molecular complexity index is 1170. The Morgan fingerprint density at radius 1 is 0.903 bits per heavy atom. The predicted octanol–water partition coefficient (Wildman–Crippen LogP) is 6.85. The Balaban J connectivity index is 1.86. The van der Waals surface area contributed by atoms with E-state index in [2.05, 4.69) is 45.9 Å².